The zero-order valence-electron chi connectivity index (χ0n) is 17.5. The number of nitrogens with zero attached hydrogens (tertiary/aromatic N) is 3. The summed E-state index contributed by atoms with van der Waals surface area (Å²) >= 11 is 1.38. The van der Waals surface area contributed by atoms with Crippen LogP contribution in [0.5, 0.6) is 0 Å². The number of carbonyl (C=O) groups is 1. The number of thiophene rings is 1. The molecule has 0 radical (unpaired) electrons. The van der Waals surface area contributed by atoms with Crippen LogP contribution in [0.1, 0.15) is 40.2 Å². The molecule has 0 spiro atoms. The van der Waals surface area contributed by atoms with Gasteiger partial charge in [0, 0.05) is 36.3 Å². The molecule has 2 aromatic heterocycles. The molecule has 9 heteroatoms. The number of carboxylic acids is 1. The number of hydrogen-bond acceptors (Lipinski definition) is 6. The standard InChI is InChI=1S/C22H23FN4O3S/c1-12(24-16-8-7-14(23)11-15(16)21(29)30)17-13(2)31-19-18(17)25-22(26(3)20(19)28)27-9-5-4-6-10-27/h4-5,7-8,11-12,24H,6,9-10H2,1-3H3,(H,29,30). The van der Waals surface area contributed by atoms with Crippen LogP contribution in [-0.4, -0.2) is 33.7 Å². The van der Waals surface area contributed by atoms with E-state index in [1.165, 1.54) is 23.5 Å². The van der Waals surface area contributed by atoms with E-state index in [1.54, 1.807) is 11.6 Å². The van der Waals surface area contributed by atoms with Crippen molar-refractivity contribution in [2.45, 2.75) is 26.3 Å². The topological polar surface area (TPSA) is 87.5 Å². The van der Waals surface area contributed by atoms with E-state index >= 15 is 0 Å². The van der Waals surface area contributed by atoms with E-state index in [1.807, 2.05) is 13.8 Å². The fourth-order valence-electron chi connectivity index (χ4n) is 3.96. The number of hydrogen-bond donors (Lipinski definition) is 2. The first-order chi connectivity index (χ1) is 14.8. The van der Waals surface area contributed by atoms with Crippen LogP contribution in [0.2, 0.25) is 0 Å². The number of nitrogens with one attached hydrogen (secondary N) is 1. The molecule has 0 saturated carbocycles. The van der Waals surface area contributed by atoms with E-state index in [-0.39, 0.29) is 17.2 Å². The molecule has 4 rings (SSSR count). The summed E-state index contributed by atoms with van der Waals surface area (Å²) in [6, 6.07) is 3.28. The predicted molar refractivity (Wildman–Crippen MR) is 121 cm³/mol. The highest BCUT2D eigenvalue weighted by atomic mass is 32.1. The molecule has 3 aromatic rings. The van der Waals surface area contributed by atoms with Crippen LogP contribution in [0.4, 0.5) is 16.0 Å². The molecule has 0 aliphatic carbocycles. The number of halogens is 1. The maximum atomic E-state index is 13.5. The Labute approximate surface area is 182 Å². The van der Waals surface area contributed by atoms with Gasteiger partial charge in [-0.3, -0.25) is 9.36 Å². The molecule has 0 bridgehead atoms. The van der Waals surface area contributed by atoms with Crippen molar-refractivity contribution < 1.29 is 14.3 Å². The van der Waals surface area contributed by atoms with E-state index in [9.17, 15) is 19.1 Å². The molecule has 162 valence electrons. The average Bonchev–Trinajstić information content (AvgIpc) is 3.08. The molecule has 1 atom stereocenters. The van der Waals surface area contributed by atoms with Crippen molar-refractivity contribution in [3.05, 3.63) is 62.5 Å². The lowest BCUT2D eigenvalue weighted by molar-refractivity contribution is 0.0697. The molecule has 0 fully saturated rings. The maximum Gasteiger partial charge on any atom is 0.337 e. The molecular weight excluding hydrogens is 419 g/mol. The Morgan fingerprint density at radius 2 is 2.13 bits per heavy atom. The van der Waals surface area contributed by atoms with Crippen molar-refractivity contribution in [1.82, 2.24) is 9.55 Å². The molecule has 1 unspecified atom stereocenters. The number of aromatic carboxylic acids is 1. The Kier molecular flexibility index (Phi) is 5.53. The summed E-state index contributed by atoms with van der Waals surface area (Å²) in [5.41, 5.74) is 1.52. The second kappa shape index (κ2) is 8.14. The van der Waals surface area contributed by atoms with Crippen LogP contribution in [0.25, 0.3) is 10.2 Å². The number of aromatic nitrogens is 2. The summed E-state index contributed by atoms with van der Waals surface area (Å²) in [5, 5.41) is 12.6. The zero-order chi connectivity index (χ0) is 22.3. The molecule has 0 saturated heterocycles. The van der Waals surface area contributed by atoms with Gasteiger partial charge in [-0.15, -0.1) is 11.3 Å². The van der Waals surface area contributed by atoms with E-state index < -0.39 is 11.8 Å². The second-order valence-electron chi connectivity index (χ2n) is 7.59. The molecule has 7 nitrogen and oxygen atoms in total. The molecule has 1 aromatic carbocycles. The molecule has 1 aliphatic rings. The number of aryl methyl sites for hydroxylation is 1. The number of anilines is 2. The highest BCUT2D eigenvalue weighted by molar-refractivity contribution is 7.19. The Hall–Kier alpha value is -3.20. The van der Waals surface area contributed by atoms with Gasteiger partial charge in [0.15, 0.2) is 0 Å². The van der Waals surface area contributed by atoms with E-state index in [0.29, 0.717) is 28.4 Å². The molecular formula is C22H23FN4O3S. The fourth-order valence-corrected chi connectivity index (χ4v) is 5.13. The van der Waals surface area contributed by atoms with Crippen molar-refractivity contribution in [3.8, 4) is 0 Å². The predicted octanol–water partition coefficient (Wildman–Crippen LogP) is 4.08. The smallest absolute Gasteiger partial charge is 0.337 e. The highest BCUT2D eigenvalue weighted by Crippen LogP contribution is 2.35. The first-order valence-corrected chi connectivity index (χ1v) is 10.8. The van der Waals surface area contributed by atoms with Gasteiger partial charge in [0.2, 0.25) is 5.95 Å². The van der Waals surface area contributed by atoms with Gasteiger partial charge in [0.1, 0.15) is 10.5 Å². The Balaban J connectivity index is 1.80. The summed E-state index contributed by atoms with van der Waals surface area (Å²) in [7, 11) is 1.73. The number of fused-ring (bicyclic) bond motifs is 1. The first kappa shape index (κ1) is 21.0. The van der Waals surface area contributed by atoms with Crippen molar-refractivity contribution in [2.75, 3.05) is 23.3 Å². The SMILES string of the molecule is Cc1sc2c(=O)n(C)c(N3CC=CCC3)nc2c1C(C)Nc1ccc(F)cc1C(=O)O. The third-order valence-electron chi connectivity index (χ3n) is 5.47. The molecule has 0 amide bonds. The lowest BCUT2D eigenvalue weighted by Crippen LogP contribution is -2.33. The van der Waals surface area contributed by atoms with Gasteiger partial charge in [-0.25, -0.2) is 14.2 Å². The molecule has 1 aliphatic heterocycles. The van der Waals surface area contributed by atoms with Gasteiger partial charge in [0.25, 0.3) is 5.56 Å². The maximum absolute atomic E-state index is 13.5. The number of rotatable bonds is 5. The lowest BCUT2D eigenvalue weighted by atomic mass is 10.1. The summed E-state index contributed by atoms with van der Waals surface area (Å²) in [5.74, 6) is -1.22. The summed E-state index contributed by atoms with van der Waals surface area (Å²) in [4.78, 5) is 32.5. The van der Waals surface area contributed by atoms with Crippen molar-refractivity contribution >= 4 is 39.2 Å². The first-order valence-electron chi connectivity index (χ1n) is 9.97. The van der Waals surface area contributed by atoms with Crippen molar-refractivity contribution in [3.63, 3.8) is 0 Å². The van der Waals surface area contributed by atoms with Crippen molar-refractivity contribution in [1.29, 1.82) is 0 Å². The quantitative estimate of drug-likeness (QED) is 0.579. The monoisotopic (exact) mass is 442 g/mol. The van der Waals surface area contributed by atoms with Gasteiger partial charge < -0.3 is 15.3 Å². The molecule has 31 heavy (non-hydrogen) atoms. The normalized spacial score (nSPS) is 14.8. The third kappa shape index (κ3) is 3.81. The Bertz CT molecular complexity index is 1260. The minimum Gasteiger partial charge on any atom is -0.478 e. The molecule has 3 heterocycles. The highest BCUT2D eigenvalue weighted by Gasteiger charge is 2.24. The fraction of sp³-hybridized carbons (Fsp3) is 0.318. The molecule has 2 N–H and O–H groups in total. The second-order valence-corrected chi connectivity index (χ2v) is 8.82. The van der Waals surface area contributed by atoms with Crippen LogP contribution >= 0.6 is 11.3 Å². The Morgan fingerprint density at radius 3 is 2.81 bits per heavy atom. The largest absolute Gasteiger partial charge is 0.478 e. The minimum atomic E-state index is -1.21. The van der Waals surface area contributed by atoms with E-state index in [0.717, 1.165) is 29.5 Å². The lowest BCUT2D eigenvalue weighted by Gasteiger charge is -2.26. The van der Waals surface area contributed by atoms with Crippen molar-refractivity contribution in [2.24, 2.45) is 7.05 Å². The van der Waals surface area contributed by atoms with Crippen LogP contribution in [0.3, 0.4) is 0 Å². The van der Waals surface area contributed by atoms with Crippen LogP contribution in [0, 0.1) is 12.7 Å². The number of benzene rings is 1. The average molecular weight is 443 g/mol. The van der Waals surface area contributed by atoms with Crippen LogP contribution in [0.15, 0.2) is 35.1 Å². The van der Waals surface area contributed by atoms with E-state index in [2.05, 4.69) is 22.4 Å². The van der Waals surface area contributed by atoms with Gasteiger partial charge in [-0.1, -0.05) is 12.2 Å². The number of carboxylic acid groups (broad SMARTS) is 1. The van der Waals surface area contributed by atoms with E-state index in [4.69, 9.17) is 4.98 Å². The van der Waals surface area contributed by atoms with Crippen LogP contribution < -0.4 is 15.8 Å². The van der Waals surface area contributed by atoms with Gasteiger partial charge in [0.05, 0.1) is 17.1 Å². The van der Waals surface area contributed by atoms with Gasteiger partial charge >= 0.3 is 5.97 Å². The summed E-state index contributed by atoms with van der Waals surface area (Å²) in [6.45, 7) is 5.28. The summed E-state index contributed by atoms with van der Waals surface area (Å²) in [6.07, 6.45) is 5.07. The van der Waals surface area contributed by atoms with Crippen LogP contribution in [-0.2, 0) is 7.05 Å². The van der Waals surface area contributed by atoms with Gasteiger partial charge in [-0.2, -0.15) is 0 Å². The zero-order valence-corrected chi connectivity index (χ0v) is 18.3. The Morgan fingerprint density at radius 1 is 1.35 bits per heavy atom. The van der Waals surface area contributed by atoms with Gasteiger partial charge in [-0.05, 0) is 38.5 Å². The third-order valence-corrected chi connectivity index (χ3v) is 6.57. The summed E-state index contributed by atoms with van der Waals surface area (Å²) < 4.78 is 15.7. The minimum absolute atomic E-state index is 0.103.